The Morgan fingerprint density at radius 1 is 0.681 bits per heavy atom. The lowest BCUT2D eigenvalue weighted by Gasteiger charge is -2.32. The highest BCUT2D eigenvalue weighted by Gasteiger charge is 2.57. The molecule has 0 aliphatic carbocycles. The topological polar surface area (TPSA) is 92.2 Å². The smallest absolute Gasteiger partial charge is 0.496 e. The number of hydrogen-bond donors (Lipinski definition) is 1. The molecule has 1 aromatic carbocycles. The van der Waals surface area contributed by atoms with Gasteiger partial charge in [-0.15, -0.1) is 34.0 Å². The van der Waals surface area contributed by atoms with Crippen molar-refractivity contribution in [1.29, 1.82) is 0 Å². The van der Waals surface area contributed by atoms with E-state index in [0.717, 1.165) is 41.7 Å². The Bertz CT molecular complexity index is 2000. The number of ether oxygens (including phenoxy) is 1. The van der Waals surface area contributed by atoms with Gasteiger partial charge in [0.2, 0.25) is 0 Å². The highest BCUT2D eigenvalue weighted by atomic mass is 32.1. The molecule has 47 heavy (non-hydrogen) atoms. The van der Waals surface area contributed by atoms with Gasteiger partial charge in [0.05, 0.1) is 45.7 Å². The number of aromatic nitrogens is 2. The van der Waals surface area contributed by atoms with Crippen LogP contribution in [-0.2, 0) is 25.2 Å². The number of hydrogen-bond acceptors (Lipinski definition) is 11. The molecule has 248 valence electrons. The Morgan fingerprint density at radius 2 is 1.21 bits per heavy atom. The molecule has 8 rings (SSSR count). The number of nitrogens with zero attached hydrogens (tertiary/aromatic N) is 2. The molecule has 0 bridgehead atoms. The first kappa shape index (κ1) is 32.8. The molecule has 3 aromatic heterocycles. The lowest BCUT2D eigenvalue weighted by Crippen LogP contribution is -2.54. The lowest BCUT2D eigenvalue weighted by molar-refractivity contribution is 0.00578. The van der Waals surface area contributed by atoms with Crippen molar-refractivity contribution in [2.24, 2.45) is 0 Å². The first-order valence-electron chi connectivity index (χ1n) is 16.2. The summed E-state index contributed by atoms with van der Waals surface area (Å²) in [4.78, 5) is 15.5. The van der Waals surface area contributed by atoms with Gasteiger partial charge in [-0.25, -0.2) is 4.98 Å². The molecular weight excluding hydrogens is 682 g/mol. The van der Waals surface area contributed by atoms with Crippen LogP contribution in [0.3, 0.4) is 0 Å². The molecule has 7 heterocycles. The molecule has 2 fully saturated rings. The molecule has 0 saturated carbocycles. The summed E-state index contributed by atoms with van der Waals surface area (Å²) in [6.07, 6.45) is 0. The van der Waals surface area contributed by atoms with Gasteiger partial charge in [0.1, 0.15) is 36.5 Å². The van der Waals surface area contributed by atoms with Crippen LogP contribution in [-0.4, -0.2) is 75.0 Å². The van der Waals surface area contributed by atoms with Crippen LogP contribution in [0, 0.1) is 0 Å². The fourth-order valence-corrected chi connectivity index (χ4v) is 20.6. The molecule has 2 saturated heterocycles. The Balaban J connectivity index is 1.30. The number of benzene rings is 1. The van der Waals surface area contributed by atoms with Gasteiger partial charge in [-0.2, -0.15) is 0 Å². The van der Waals surface area contributed by atoms with Gasteiger partial charge in [-0.05, 0) is 76.5 Å². The number of aliphatic hydroxyl groups is 1. The summed E-state index contributed by atoms with van der Waals surface area (Å²) in [6.45, 7) is 26.1. The largest absolute Gasteiger partial charge is 0.525 e. The van der Waals surface area contributed by atoms with Gasteiger partial charge < -0.3 is 28.5 Å². The van der Waals surface area contributed by atoms with Crippen LogP contribution in [0.1, 0.15) is 61.0 Å². The number of thiazole rings is 2. The maximum atomic E-state index is 11.2. The number of methoxy groups -OCH3 is 1. The summed E-state index contributed by atoms with van der Waals surface area (Å²) in [5.74, 6) is 0.944. The van der Waals surface area contributed by atoms with Gasteiger partial charge >= 0.3 is 14.2 Å². The SMILES string of the molecule is COc1c2c(c(CO)c3c1[Si](C)(C)c1c-3sc3nc(B4OC(C)(C)C(C)(C)O4)sc13)[Si](C)(C)c1nc(B3OC(C)(C)C(C)(C)O3)sc1-2. The van der Waals surface area contributed by atoms with Crippen LogP contribution in [0.25, 0.3) is 30.4 Å². The van der Waals surface area contributed by atoms with Gasteiger partial charge in [-0.3, -0.25) is 4.98 Å². The van der Waals surface area contributed by atoms with Crippen LogP contribution in [0.4, 0.5) is 0 Å². The highest BCUT2D eigenvalue weighted by molar-refractivity contribution is 7.37. The van der Waals surface area contributed by atoms with E-state index in [1.165, 1.54) is 30.7 Å². The second kappa shape index (κ2) is 9.68. The molecule has 15 heteroatoms. The summed E-state index contributed by atoms with van der Waals surface area (Å²) in [7, 11) is -3.91. The van der Waals surface area contributed by atoms with Crippen LogP contribution in [0.2, 0.25) is 26.2 Å². The van der Waals surface area contributed by atoms with Crippen LogP contribution in [0.5, 0.6) is 5.75 Å². The molecule has 8 nitrogen and oxygen atoms in total. The maximum Gasteiger partial charge on any atom is 0.525 e. The van der Waals surface area contributed by atoms with E-state index < -0.39 is 52.8 Å². The summed E-state index contributed by atoms with van der Waals surface area (Å²) in [5.41, 5.74) is 1.58. The normalized spacial score (nSPS) is 23.4. The van der Waals surface area contributed by atoms with E-state index in [0.29, 0.717) is 0 Å². The molecule has 0 atom stereocenters. The Kier molecular flexibility index (Phi) is 6.75. The van der Waals surface area contributed by atoms with Crippen molar-refractivity contribution in [3.8, 4) is 26.6 Å². The fraction of sp³-hybridized carbons (Fsp3) is 0.562. The van der Waals surface area contributed by atoms with Crippen molar-refractivity contribution in [1.82, 2.24) is 9.97 Å². The molecule has 4 aromatic rings. The molecule has 4 aliphatic heterocycles. The standard InChI is InChI=1S/C32H42B2N2O6S3Si2/c1-29(2)30(3,4)40-33(39-29)27-35-25-21(45-27)24-19(43-25)16-15(14-37)22-17(18(38-9)23(16)46(24,10)11)20-26(47(22,12)13)36-28(44-20)34-41-31(5,6)32(7,8)42-34/h37H,14H2,1-13H3. The Morgan fingerprint density at radius 3 is 1.72 bits per heavy atom. The van der Waals surface area contributed by atoms with E-state index >= 15 is 0 Å². The van der Waals surface area contributed by atoms with Gasteiger partial charge in [-0.1, -0.05) is 26.2 Å². The second-order valence-corrected chi connectivity index (χ2v) is 27.9. The molecule has 0 amide bonds. The summed E-state index contributed by atoms with van der Waals surface area (Å²) in [5, 5.41) is 16.2. The van der Waals surface area contributed by atoms with E-state index in [1.54, 1.807) is 41.1 Å². The third kappa shape index (κ3) is 4.10. The zero-order chi connectivity index (χ0) is 34.0. The number of rotatable bonds is 4. The van der Waals surface area contributed by atoms with Crippen molar-refractivity contribution in [3.05, 3.63) is 5.56 Å². The highest BCUT2D eigenvalue weighted by Crippen LogP contribution is 2.49. The Labute approximate surface area is 291 Å². The number of aliphatic hydroxyl groups excluding tert-OH is 1. The second-order valence-electron chi connectivity index (χ2n) is 16.3. The Hall–Kier alpha value is -1.40. The van der Waals surface area contributed by atoms with E-state index in [9.17, 15) is 5.11 Å². The number of thiophene rings is 1. The lowest BCUT2D eigenvalue weighted by atomic mass is 9.90. The van der Waals surface area contributed by atoms with Gasteiger partial charge in [0.15, 0.2) is 0 Å². The summed E-state index contributed by atoms with van der Waals surface area (Å²) >= 11 is 5.09. The molecule has 0 radical (unpaired) electrons. The zero-order valence-electron chi connectivity index (χ0n) is 29.5. The number of fused-ring (bicyclic) bond motifs is 8. The summed E-state index contributed by atoms with van der Waals surface area (Å²) < 4.78 is 33.4. The third-order valence-electron chi connectivity index (χ3n) is 11.7. The molecule has 0 spiro atoms. The van der Waals surface area contributed by atoms with Crippen molar-refractivity contribution in [2.75, 3.05) is 7.11 Å². The minimum atomic E-state index is -2.36. The molecule has 0 unspecified atom stereocenters. The van der Waals surface area contributed by atoms with Crippen molar-refractivity contribution >= 4 is 105 Å². The molecule has 4 aliphatic rings. The van der Waals surface area contributed by atoms with Crippen LogP contribution < -0.4 is 35.4 Å². The quantitative estimate of drug-likeness (QED) is 0.320. The van der Waals surface area contributed by atoms with Crippen molar-refractivity contribution in [2.45, 2.75) is 111 Å². The molecular formula is C32H42B2N2O6S3Si2. The first-order chi connectivity index (χ1) is 21.7. The maximum absolute atomic E-state index is 11.2. The van der Waals surface area contributed by atoms with E-state index in [2.05, 4.69) is 81.6 Å². The first-order valence-corrected chi connectivity index (χ1v) is 24.7. The predicted molar refractivity (Wildman–Crippen MR) is 201 cm³/mol. The van der Waals surface area contributed by atoms with E-state index in [1.807, 2.05) is 0 Å². The minimum Gasteiger partial charge on any atom is -0.496 e. The minimum absolute atomic E-state index is 0.0355. The predicted octanol–water partition coefficient (Wildman–Crippen LogP) is 3.52. The summed E-state index contributed by atoms with van der Waals surface area (Å²) in [6, 6.07) is 0. The fourth-order valence-electron chi connectivity index (χ4n) is 7.70. The van der Waals surface area contributed by atoms with Crippen LogP contribution >= 0.6 is 34.0 Å². The molecule has 1 N–H and O–H groups in total. The average molecular weight is 725 g/mol. The van der Waals surface area contributed by atoms with Crippen molar-refractivity contribution in [3.63, 3.8) is 0 Å². The van der Waals surface area contributed by atoms with Crippen molar-refractivity contribution < 1.29 is 28.5 Å². The zero-order valence-corrected chi connectivity index (χ0v) is 33.9. The van der Waals surface area contributed by atoms with Crippen LogP contribution in [0.15, 0.2) is 0 Å². The van der Waals surface area contributed by atoms with Gasteiger partial charge in [0, 0.05) is 21.3 Å². The average Bonchev–Trinajstić information content (AvgIpc) is 3.77. The van der Waals surface area contributed by atoms with E-state index in [-0.39, 0.29) is 6.61 Å². The third-order valence-corrected chi connectivity index (χ3v) is 22.4. The van der Waals surface area contributed by atoms with Gasteiger partial charge in [0.25, 0.3) is 0 Å². The van der Waals surface area contributed by atoms with E-state index in [4.69, 9.17) is 33.3 Å². The monoisotopic (exact) mass is 724 g/mol.